The Bertz CT molecular complexity index is 2080. The molecule has 13 nitrogen and oxygen atoms in total. The molecule has 2 atom stereocenters. The fourth-order valence-corrected chi connectivity index (χ4v) is 6.41. The van der Waals surface area contributed by atoms with E-state index in [2.05, 4.69) is 30.9 Å². The number of H-pyrrole nitrogens is 2. The summed E-state index contributed by atoms with van der Waals surface area (Å²) in [6.07, 6.45) is -2.32. The average Bonchev–Trinajstić information content (AvgIpc) is 3.49. The van der Waals surface area contributed by atoms with Gasteiger partial charge in [-0.05, 0) is 102 Å². The molecule has 4 amide bonds. The number of aromatic amines is 2. The lowest BCUT2D eigenvalue weighted by molar-refractivity contribution is -0.149. The van der Waals surface area contributed by atoms with E-state index in [-0.39, 0.29) is 35.5 Å². The fourth-order valence-electron chi connectivity index (χ4n) is 6.41. The molecule has 0 aliphatic heterocycles. The van der Waals surface area contributed by atoms with Gasteiger partial charge in [-0.15, -0.1) is 0 Å². The SMILES string of the molecule is Cc1nc(C(=O)NC(C)C(F)(F)F)ccc1-c1ccc(C[C@H](NC(=O)C2CCC(CNC(=O)OC(C)(C)C)CC2)C(=O)Nc2ccc3[nH]c(=O)[nH]c3c2)cc1. The highest BCUT2D eigenvalue weighted by Crippen LogP contribution is 2.29. The summed E-state index contributed by atoms with van der Waals surface area (Å²) < 4.78 is 44.1. The molecule has 1 fully saturated rings. The summed E-state index contributed by atoms with van der Waals surface area (Å²) >= 11 is 0. The maximum Gasteiger partial charge on any atom is 0.408 e. The number of carbonyl (C=O) groups is 4. The van der Waals surface area contributed by atoms with Crippen LogP contribution in [0.3, 0.4) is 0 Å². The molecule has 1 aliphatic carbocycles. The molecule has 294 valence electrons. The summed E-state index contributed by atoms with van der Waals surface area (Å²) in [5.74, 6) is -1.79. The Morgan fingerprint density at radius 2 is 1.58 bits per heavy atom. The quantitative estimate of drug-likeness (QED) is 0.110. The van der Waals surface area contributed by atoms with Crippen LogP contribution in [0.1, 0.15) is 75.1 Å². The number of carbonyl (C=O) groups excluding carboxylic acids is 4. The van der Waals surface area contributed by atoms with E-state index in [4.69, 9.17) is 4.74 Å². The van der Waals surface area contributed by atoms with Crippen molar-refractivity contribution in [1.82, 2.24) is 30.9 Å². The number of hydrogen-bond acceptors (Lipinski definition) is 7. The molecule has 2 aromatic heterocycles. The smallest absolute Gasteiger partial charge is 0.408 e. The van der Waals surface area contributed by atoms with Crippen LogP contribution in [-0.4, -0.2) is 69.2 Å². The van der Waals surface area contributed by atoms with Crippen LogP contribution in [0, 0.1) is 18.8 Å². The number of nitrogens with one attached hydrogen (secondary N) is 6. The number of hydrogen-bond donors (Lipinski definition) is 6. The minimum Gasteiger partial charge on any atom is -0.444 e. The Morgan fingerprint density at radius 3 is 2.22 bits per heavy atom. The lowest BCUT2D eigenvalue weighted by atomic mass is 9.81. The standard InChI is InChI=1S/C39H46F3N7O6/c1-21-28(15-17-30(44-21)34(51)45-22(2)39(40,41)42)25-10-6-23(7-11-25)18-32(35(52)46-27-14-16-29-31(19-27)49-36(53)48-29)47-33(50)26-12-8-24(9-13-26)20-43-37(54)55-38(3,4)5/h6-7,10-11,14-17,19,22,24,26,32H,8-9,12-13,18,20H2,1-5H3,(H,43,54)(H,45,51)(H,46,52)(H,47,50)(H2,48,49,53)/t22?,24?,26?,32-/m0/s1. The lowest BCUT2D eigenvalue weighted by Gasteiger charge is -2.29. The van der Waals surface area contributed by atoms with Crippen molar-refractivity contribution in [3.8, 4) is 11.1 Å². The van der Waals surface area contributed by atoms with Gasteiger partial charge in [0.2, 0.25) is 11.8 Å². The van der Waals surface area contributed by atoms with Crippen LogP contribution in [0.5, 0.6) is 0 Å². The third-order valence-corrected chi connectivity index (χ3v) is 9.43. The normalized spacial score (nSPS) is 17.2. The molecule has 2 aromatic carbocycles. The number of ether oxygens (including phenoxy) is 1. The van der Waals surface area contributed by atoms with Gasteiger partial charge in [-0.1, -0.05) is 30.3 Å². The minimum atomic E-state index is -4.59. The molecule has 2 heterocycles. The number of halogens is 3. The number of fused-ring (bicyclic) bond motifs is 1. The first-order valence-electron chi connectivity index (χ1n) is 18.1. The monoisotopic (exact) mass is 765 g/mol. The molecule has 0 saturated heterocycles. The van der Waals surface area contributed by atoms with Gasteiger partial charge in [-0.2, -0.15) is 13.2 Å². The van der Waals surface area contributed by atoms with E-state index in [1.165, 1.54) is 6.07 Å². The number of rotatable bonds is 11. The van der Waals surface area contributed by atoms with Crippen LogP contribution in [-0.2, 0) is 20.7 Å². The van der Waals surface area contributed by atoms with Gasteiger partial charge in [0, 0.05) is 35.8 Å². The van der Waals surface area contributed by atoms with E-state index >= 15 is 0 Å². The zero-order valence-corrected chi connectivity index (χ0v) is 31.3. The number of imidazole rings is 1. The minimum absolute atomic E-state index is 0.143. The van der Waals surface area contributed by atoms with Gasteiger partial charge in [-0.3, -0.25) is 14.4 Å². The summed E-state index contributed by atoms with van der Waals surface area (Å²) in [7, 11) is 0. The van der Waals surface area contributed by atoms with Crippen LogP contribution in [0.4, 0.5) is 23.7 Å². The van der Waals surface area contributed by atoms with Crippen molar-refractivity contribution in [3.63, 3.8) is 0 Å². The molecule has 1 aliphatic rings. The summed E-state index contributed by atoms with van der Waals surface area (Å²) in [6.45, 7) is 8.32. The summed E-state index contributed by atoms with van der Waals surface area (Å²) in [5.41, 5.74) is 2.91. The van der Waals surface area contributed by atoms with E-state index in [1.807, 2.05) is 5.32 Å². The van der Waals surface area contributed by atoms with Crippen molar-refractivity contribution >= 4 is 40.5 Å². The van der Waals surface area contributed by atoms with Crippen LogP contribution in [0.15, 0.2) is 59.4 Å². The Labute approximate surface area is 315 Å². The topological polar surface area (TPSA) is 187 Å². The first-order chi connectivity index (χ1) is 25.8. The number of alkyl halides is 3. The van der Waals surface area contributed by atoms with Crippen molar-refractivity contribution in [3.05, 3.63) is 82.0 Å². The van der Waals surface area contributed by atoms with Gasteiger partial charge in [-0.25, -0.2) is 14.6 Å². The van der Waals surface area contributed by atoms with Gasteiger partial charge >= 0.3 is 18.0 Å². The fraction of sp³-hybridized carbons (Fsp3) is 0.436. The van der Waals surface area contributed by atoms with Gasteiger partial charge < -0.3 is 36.0 Å². The highest BCUT2D eigenvalue weighted by atomic mass is 19.4. The van der Waals surface area contributed by atoms with Crippen LogP contribution >= 0.6 is 0 Å². The van der Waals surface area contributed by atoms with E-state index in [9.17, 15) is 37.1 Å². The van der Waals surface area contributed by atoms with Crippen molar-refractivity contribution in [1.29, 1.82) is 0 Å². The van der Waals surface area contributed by atoms with Crippen LogP contribution < -0.4 is 27.0 Å². The Hall–Kier alpha value is -5.67. The predicted molar refractivity (Wildman–Crippen MR) is 200 cm³/mol. The second kappa shape index (κ2) is 16.8. The molecule has 6 N–H and O–H groups in total. The average molecular weight is 766 g/mol. The number of benzene rings is 2. The number of anilines is 1. The van der Waals surface area contributed by atoms with Crippen molar-refractivity contribution in [2.24, 2.45) is 11.8 Å². The summed E-state index contributed by atoms with van der Waals surface area (Å²) in [5, 5.41) is 10.5. The molecule has 1 saturated carbocycles. The molecular weight excluding hydrogens is 719 g/mol. The van der Waals surface area contributed by atoms with Crippen LogP contribution in [0.25, 0.3) is 22.2 Å². The lowest BCUT2D eigenvalue weighted by Crippen LogP contribution is -2.48. The van der Waals surface area contributed by atoms with E-state index in [0.29, 0.717) is 60.2 Å². The molecule has 55 heavy (non-hydrogen) atoms. The van der Waals surface area contributed by atoms with Gasteiger partial charge in [0.1, 0.15) is 23.4 Å². The molecule has 0 radical (unpaired) electrons. The van der Waals surface area contributed by atoms with E-state index in [1.54, 1.807) is 76.2 Å². The highest BCUT2D eigenvalue weighted by molar-refractivity contribution is 5.99. The molecular formula is C39H46F3N7O6. The Balaban J connectivity index is 1.26. The first-order valence-corrected chi connectivity index (χ1v) is 18.1. The second-order valence-electron chi connectivity index (χ2n) is 15.0. The first kappa shape index (κ1) is 40.5. The molecule has 0 bridgehead atoms. The van der Waals surface area contributed by atoms with Gasteiger partial charge in [0.25, 0.3) is 5.91 Å². The molecule has 4 aromatic rings. The molecule has 5 rings (SSSR count). The maximum atomic E-state index is 13.8. The summed E-state index contributed by atoms with van der Waals surface area (Å²) in [6, 6.07) is 12.1. The third-order valence-electron chi connectivity index (χ3n) is 9.43. The number of aromatic nitrogens is 3. The van der Waals surface area contributed by atoms with Crippen molar-refractivity contribution in [2.45, 2.75) is 90.6 Å². The third kappa shape index (κ3) is 11.2. The van der Waals surface area contributed by atoms with Crippen LogP contribution in [0.2, 0.25) is 0 Å². The highest BCUT2D eigenvalue weighted by Gasteiger charge is 2.37. The second-order valence-corrected chi connectivity index (χ2v) is 15.0. The molecule has 1 unspecified atom stereocenters. The van der Waals surface area contributed by atoms with Crippen molar-refractivity contribution in [2.75, 3.05) is 11.9 Å². The number of amides is 4. The zero-order valence-electron chi connectivity index (χ0n) is 31.3. The summed E-state index contributed by atoms with van der Waals surface area (Å²) in [4.78, 5) is 73.2. The maximum absolute atomic E-state index is 13.8. The number of nitrogens with zero attached hydrogens (tertiary/aromatic N) is 1. The van der Waals surface area contributed by atoms with E-state index < -0.39 is 41.8 Å². The van der Waals surface area contributed by atoms with Crippen molar-refractivity contribution < 1.29 is 37.1 Å². The van der Waals surface area contributed by atoms with Gasteiger partial charge in [0.05, 0.1) is 11.0 Å². The zero-order chi connectivity index (χ0) is 40.1. The number of alkyl carbamates (subject to hydrolysis) is 1. The Kier molecular flexibility index (Phi) is 12.4. The van der Waals surface area contributed by atoms with Gasteiger partial charge in [0.15, 0.2) is 0 Å². The molecule has 16 heteroatoms. The Morgan fingerprint density at radius 1 is 0.909 bits per heavy atom. The largest absolute Gasteiger partial charge is 0.444 e. The van der Waals surface area contributed by atoms with E-state index in [0.717, 1.165) is 18.1 Å². The predicted octanol–water partition coefficient (Wildman–Crippen LogP) is 5.90. The number of aryl methyl sites for hydroxylation is 1. The number of pyridine rings is 1. The molecule has 0 spiro atoms.